The molecule has 1 aliphatic rings. The van der Waals surface area contributed by atoms with E-state index in [0.29, 0.717) is 6.04 Å². The van der Waals surface area contributed by atoms with Gasteiger partial charge in [-0.15, -0.1) is 0 Å². The molecule has 0 aromatic heterocycles. The molecule has 0 atom stereocenters. The maximum atomic E-state index is 10.7. The Morgan fingerprint density at radius 1 is 1.33 bits per heavy atom. The van der Waals surface area contributed by atoms with Gasteiger partial charge in [0.05, 0.1) is 6.54 Å². The standard InChI is InChI=1S/C14H20N2O2/c1-15(11-14(17)18)12-7-9-16(10-8-12)13-5-3-2-4-6-13/h2-6,12H,7-11H2,1H3,(H,17,18). The summed E-state index contributed by atoms with van der Waals surface area (Å²) in [4.78, 5) is 15.0. The summed E-state index contributed by atoms with van der Waals surface area (Å²) < 4.78 is 0. The second kappa shape index (κ2) is 5.87. The van der Waals surface area contributed by atoms with Crippen LogP contribution in [0.1, 0.15) is 12.8 Å². The lowest BCUT2D eigenvalue weighted by atomic mass is 10.0. The Bertz CT molecular complexity index is 386. The Labute approximate surface area is 108 Å². The van der Waals surface area contributed by atoms with Gasteiger partial charge in [0.25, 0.3) is 0 Å². The van der Waals surface area contributed by atoms with Crippen LogP contribution < -0.4 is 4.90 Å². The van der Waals surface area contributed by atoms with Gasteiger partial charge < -0.3 is 10.0 Å². The minimum absolute atomic E-state index is 0.135. The van der Waals surface area contributed by atoms with Crippen molar-refractivity contribution >= 4 is 11.7 Å². The normalized spacial score (nSPS) is 17.1. The van der Waals surface area contributed by atoms with E-state index in [-0.39, 0.29) is 6.54 Å². The average molecular weight is 248 g/mol. The van der Waals surface area contributed by atoms with E-state index in [1.165, 1.54) is 5.69 Å². The highest BCUT2D eigenvalue weighted by atomic mass is 16.4. The van der Waals surface area contributed by atoms with E-state index in [9.17, 15) is 4.79 Å². The van der Waals surface area contributed by atoms with Gasteiger partial charge in [-0.2, -0.15) is 0 Å². The Morgan fingerprint density at radius 3 is 2.50 bits per heavy atom. The van der Waals surface area contributed by atoms with Crippen LogP contribution in [0.15, 0.2) is 30.3 Å². The fourth-order valence-electron chi connectivity index (χ4n) is 2.55. The molecule has 98 valence electrons. The predicted octanol–water partition coefficient (Wildman–Crippen LogP) is 1.67. The fraction of sp³-hybridized carbons (Fsp3) is 0.500. The quantitative estimate of drug-likeness (QED) is 0.880. The summed E-state index contributed by atoms with van der Waals surface area (Å²) in [6.45, 7) is 2.13. The Hall–Kier alpha value is -1.55. The van der Waals surface area contributed by atoms with E-state index in [4.69, 9.17) is 5.11 Å². The number of hydrogen-bond acceptors (Lipinski definition) is 3. The zero-order valence-corrected chi connectivity index (χ0v) is 10.7. The minimum atomic E-state index is -0.747. The van der Waals surface area contributed by atoms with Gasteiger partial charge >= 0.3 is 5.97 Å². The smallest absolute Gasteiger partial charge is 0.317 e. The van der Waals surface area contributed by atoms with Crippen LogP contribution in [0.2, 0.25) is 0 Å². The van der Waals surface area contributed by atoms with Crippen LogP contribution in [0, 0.1) is 0 Å². The van der Waals surface area contributed by atoms with Gasteiger partial charge in [0, 0.05) is 24.8 Å². The van der Waals surface area contributed by atoms with Gasteiger partial charge in [-0.3, -0.25) is 9.69 Å². The number of aliphatic carboxylic acids is 1. The van der Waals surface area contributed by atoms with Crippen LogP contribution in [-0.2, 0) is 4.79 Å². The number of nitrogens with zero attached hydrogens (tertiary/aromatic N) is 2. The second-order valence-electron chi connectivity index (χ2n) is 4.86. The third-order valence-corrected chi connectivity index (χ3v) is 3.59. The average Bonchev–Trinajstić information content (AvgIpc) is 2.39. The van der Waals surface area contributed by atoms with Crippen LogP contribution in [0.3, 0.4) is 0 Å². The predicted molar refractivity (Wildman–Crippen MR) is 71.9 cm³/mol. The van der Waals surface area contributed by atoms with Crippen LogP contribution >= 0.6 is 0 Å². The SMILES string of the molecule is CN(CC(=O)O)C1CCN(c2ccccc2)CC1. The Balaban J connectivity index is 1.86. The summed E-state index contributed by atoms with van der Waals surface area (Å²) >= 11 is 0. The minimum Gasteiger partial charge on any atom is -0.480 e. The number of para-hydroxylation sites is 1. The zero-order valence-electron chi connectivity index (χ0n) is 10.7. The van der Waals surface area contributed by atoms with Gasteiger partial charge in [0.2, 0.25) is 0 Å². The molecule has 1 aromatic carbocycles. The Morgan fingerprint density at radius 2 is 1.94 bits per heavy atom. The van der Waals surface area contributed by atoms with Crippen molar-refractivity contribution in [2.24, 2.45) is 0 Å². The van der Waals surface area contributed by atoms with Gasteiger partial charge in [-0.05, 0) is 32.0 Å². The maximum absolute atomic E-state index is 10.7. The van der Waals surface area contributed by atoms with Crippen LogP contribution in [0.5, 0.6) is 0 Å². The molecule has 1 heterocycles. The molecule has 1 aromatic rings. The van der Waals surface area contributed by atoms with E-state index in [0.717, 1.165) is 25.9 Å². The molecule has 18 heavy (non-hydrogen) atoms. The van der Waals surface area contributed by atoms with Crippen LogP contribution in [0.25, 0.3) is 0 Å². The largest absolute Gasteiger partial charge is 0.480 e. The molecule has 4 nitrogen and oxygen atoms in total. The topological polar surface area (TPSA) is 43.8 Å². The number of benzene rings is 1. The molecule has 2 rings (SSSR count). The molecule has 0 unspecified atom stereocenters. The second-order valence-corrected chi connectivity index (χ2v) is 4.86. The van der Waals surface area contributed by atoms with Crippen LogP contribution in [0.4, 0.5) is 5.69 Å². The molecule has 0 aliphatic carbocycles. The molecular formula is C14H20N2O2. The molecule has 1 saturated heterocycles. The van der Waals surface area contributed by atoms with Crippen molar-refractivity contribution in [3.05, 3.63) is 30.3 Å². The number of likely N-dealkylation sites (N-methyl/N-ethyl adjacent to an activating group) is 1. The maximum Gasteiger partial charge on any atom is 0.317 e. The first-order valence-corrected chi connectivity index (χ1v) is 6.39. The summed E-state index contributed by atoms with van der Waals surface area (Å²) in [5.41, 5.74) is 1.26. The first kappa shape index (κ1) is 12.9. The summed E-state index contributed by atoms with van der Waals surface area (Å²) in [5.74, 6) is -0.747. The van der Waals surface area contributed by atoms with Gasteiger partial charge in [0.15, 0.2) is 0 Å². The number of hydrogen-bond donors (Lipinski definition) is 1. The molecule has 0 amide bonds. The van der Waals surface area contributed by atoms with Crippen molar-refractivity contribution in [3.8, 4) is 0 Å². The molecule has 0 saturated carbocycles. The van der Waals surface area contributed by atoms with Crippen molar-refractivity contribution in [2.45, 2.75) is 18.9 Å². The van der Waals surface area contributed by atoms with Gasteiger partial charge in [-0.25, -0.2) is 0 Å². The molecule has 1 fully saturated rings. The lowest BCUT2D eigenvalue weighted by Gasteiger charge is -2.37. The number of carbonyl (C=O) groups is 1. The first-order valence-electron chi connectivity index (χ1n) is 6.39. The van der Waals surface area contributed by atoms with Crippen molar-refractivity contribution < 1.29 is 9.90 Å². The van der Waals surface area contributed by atoms with Crippen molar-refractivity contribution in [2.75, 3.05) is 31.6 Å². The molecule has 0 spiro atoms. The van der Waals surface area contributed by atoms with E-state index >= 15 is 0 Å². The van der Waals surface area contributed by atoms with E-state index < -0.39 is 5.97 Å². The molecule has 0 bridgehead atoms. The van der Waals surface area contributed by atoms with E-state index in [1.807, 2.05) is 18.0 Å². The summed E-state index contributed by atoms with van der Waals surface area (Å²) in [7, 11) is 1.90. The molecule has 0 radical (unpaired) electrons. The monoisotopic (exact) mass is 248 g/mol. The number of rotatable bonds is 4. The van der Waals surface area contributed by atoms with Crippen molar-refractivity contribution in [3.63, 3.8) is 0 Å². The molecular weight excluding hydrogens is 228 g/mol. The van der Waals surface area contributed by atoms with E-state index in [2.05, 4.69) is 29.2 Å². The lowest BCUT2D eigenvalue weighted by molar-refractivity contribution is -0.138. The number of anilines is 1. The highest BCUT2D eigenvalue weighted by Crippen LogP contribution is 2.21. The van der Waals surface area contributed by atoms with Crippen molar-refractivity contribution in [1.29, 1.82) is 0 Å². The third kappa shape index (κ3) is 3.23. The third-order valence-electron chi connectivity index (χ3n) is 3.59. The van der Waals surface area contributed by atoms with Crippen LogP contribution in [-0.4, -0.2) is 48.7 Å². The highest BCUT2D eigenvalue weighted by Gasteiger charge is 2.23. The zero-order chi connectivity index (χ0) is 13.0. The number of piperidine rings is 1. The lowest BCUT2D eigenvalue weighted by Crippen LogP contribution is -2.44. The van der Waals surface area contributed by atoms with Gasteiger partial charge in [0.1, 0.15) is 0 Å². The Kier molecular flexibility index (Phi) is 4.20. The summed E-state index contributed by atoms with van der Waals surface area (Å²) in [6, 6.07) is 10.8. The number of carboxylic acids is 1. The first-order chi connectivity index (χ1) is 8.66. The summed E-state index contributed by atoms with van der Waals surface area (Å²) in [5, 5.41) is 8.79. The van der Waals surface area contributed by atoms with E-state index in [1.54, 1.807) is 0 Å². The molecule has 1 N–H and O–H groups in total. The van der Waals surface area contributed by atoms with Gasteiger partial charge in [-0.1, -0.05) is 18.2 Å². The summed E-state index contributed by atoms with van der Waals surface area (Å²) in [6.07, 6.45) is 2.05. The number of carboxylic acid groups (broad SMARTS) is 1. The van der Waals surface area contributed by atoms with Crippen molar-refractivity contribution in [1.82, 2.24) is 4.90 Å². The molecule has 1 aliphatic heterocycles. The fourth-order valence-corrected chi connectivity index (χ4v) is 2.55. The highest BCUT2D eigenvalue weighted by molar-refractivity contribution is 5.69. The molecule has 4 heteroatoms.